The van der Waals surface area contributed by atoms with Crippen molar-refractivity contribution < 1.29 is 0 Å². The molecule has 1 N–H and O–H groups in total. The quantitative estimate of drug-likeness (QED) is 0.697. The molecular formula is C16H18N4S. The maximum atomic E-state index is 8.79. The third-order valence-corrected chi connectivity index (χ3v) is 3.84. The lowest BCUT2D eigenvalue weighted by Crippen LogP contribution is -2.37. The molecular weight excluding hydrogens is 280 g/mol. The van der Waals surface area contributed by atoms with Gasteiger partial charge in [0.1, 0.15) is 0 Å². The third kappa shape index (κ3) is 4.33. The van der Waals surface area contributed by atoms with Crippen molar-refractivity contribution >= 4 is 17.3 Å². The maximum absolute atomic E-state index is 8.79. The average molecular weight is 298 g/mol. The van der Waals surface area contributed by atoms with Gasteiger partial charge in [-0.1, -0.05) is 12.1 Å². The molecule has 0 aliphatic rings. The molecule has 21 heavy (non-hydrogen) atoms. The number of nitrogens with zero attached hydrogens (tertiary/aromatic N) is 3. The van der Waals surface area contributed by atoms with Gasteiger partial charge >= 0.3 is 0 Å². The minimum atomic E-state index is 0.678. The Bertz CT molecular complexity index is 623. The summed E-state index contributed by atoms with van der Waals surface area (Å²) in [7, 11) is 3.80. The van der Waals surface area contributed by atoms with E-state index in [-0.39, 0.29) is 0 Å². The lowest BCUT2D eigenvalue weighted by atomic mass is 10.1. The first-order chi connectivity index (χ1) is 10.2. The molecule has 0 saturated carbocycles. The highest BCUT2D eigenvalue weighted by Crippen LogP contribution is 2.09. The number of hydrogen-bond acceptors (Lipinski definition) is 3. The van der Waals surface area contributed by atoms with Crippen LogP contribution in [-0.4, -0.2) is 25.0 Å². The van der Waals surface area contributed by atoms with Gasteiger partial charge in [0.25, 0.3) is 0 Å². The van der Waals surface area contributed by atoms with Crippen molar-refractivity contribution in [2.75, 3.05) is 14.1 Å². The third-order valence-electron chi connectivity index (χ3n) is 3.11. The van der Waals surface area contributed by atoms with Crippen molar-refractivity contribution in [1.82, 2.24) is 10.2 Å². The number of rotatable bonds is 4. The van der Waals surface area contributed by atoms with E-state index in [1.54, 1.807) is 18.4 Å². The van der Waals surface area contributed by atoms with Crippen LogP contribution in [0.4, 0.5) is 0 Å². The van der Waals surface area contributed by atoms with E-state index in [2.05, 4.69) is 38.1 Å². The van der Waals surface area contributed by atoms with Gasteiger partial charge in [0.15, 0.2) is 5.96 Å². The summed E-state index contributed by atoms with van der Waals surface area (Å²) in [4.78, 5) is 6.39. The van der Waals surface area contributed by atoms with E-state index < -0.39 is 0 Å². The fraction of sp³-hybridized carbons (Fsp3) is 0.250. The summed E-state index contributed by atoms with van der Waals surface area (Å²) in [5.41, 5.74) is 3.08. The highest BCUT2D eigenvalue weighted by molar-refractivity contribution is 7.07. The minimum absolute atomic E-state index is 0.678. The van der Waals surface area contributed by atoms with E-state index in [9.17, 15) is 0 Å². The SMILES string of the molecule is CN=C(NCc1ccc(C#N)cc1)N(C)Cc1ccsc1. The molecule has 1 aromatic carbocycles. The highest BCUT2D eigenvalue weighted by Gasteiger charge is 2.06. The molecule has 2 aromatic rings. The Labute approximate surface area is 129 Å². The highest BCUT2D eigenvalue weighted by atomic mass is 32.1. The second-order valence-corrected chi connectivity index (χ2v) is 5.48. The van der Waals surface area contributed by atoms with Gasteiger partial charge in [0.05, 0.1) is 11.6 Å². The van der Waals surface area contributed by atoms with Crippen LogP contribution >= 0.6 is 11.3 Å². The molecule has 108 valence electrons. The van der Waals surface area contributed by atoms with Crippen LogP contribution in [0, 0.1) is 11.3 Å². The standard InChI is InChI=1S/C16H18N4S/c1-18-16(20(2)11-15-7-8-21-12-15)19-10-14-5-3-13(9-17)4-6-14/h3-8,12H,10-11H2,1-2H3,(H,18,19). The number of nitrogens with one attached hydrogen (secondary N) is 1. The topological polar surface area (TPSA) is 51.4 Å². The summed E-state index contributed by atoms with van der Waals surface area (Å²) >= 11 is 1.70. The number of benzene rings is 1. The molecule has 2 rings (SSSR count). The Morgan fingerprint density at radius 2 is 2.05 bits per heavy atom. The number of aliphatic imine (C=N–C) groups is 1. The summed E-state index contributed by atoms with van der Waals surface area (Å²) in [5.74, 6) is 0.852. The zero-order valence-corrected chi connectivity index (χ0v) is 13.0. The molecule has 0 saturated heterocycles. The molecule has 5 heteroatoms. The molecule has 4 nitrogen and oxygen atoms in total. The average Bonchev–Trinajstić information content (AvgIpc) is 3.01. The second-order valence-electron chi connectivity index (χ2n) is 4.70. The Morgan fingerprint density at radius 1 is 1.29 bits per heavy atom. The Kier molecular flexibility index (Phi) is 5.35. The lowest BCUT2D eigenvalue weighted by Gasteiger charge is -2.21. The number of guanidine groups is 1. The van der Waals surface area contributed by atoms with Crippen molar-refractivity contribution in [3.05, 3.63) is 57.8 Å². The van der Waals surface area contributed by atoms with E-state index in [1.807, 2.05) is 31.3 Å². The van der Waals surface area contributed by atoms with Crippen molar-refractivity contribution in [3.8, 4) is 6.07 Å². The monoisotopic (exact) mass is 298 g/mol. The summed E-state index contributed by atoms with van der Waals surface area (Å²) < 4.78 is 0. The molecule has 0 aliphatic carbocycles. The van der Waals surface area contributed by atoms with E-state index in [0.29, 0.717) is 12.1 Å². The number of hydrogen-bond donors (Lipinski definition) is 1. The minimum Gasteiger partial charge on any atom is -0.352 e. The largest absolute Gasteiger partial charge is 0.352 e. The Hall–Kier alpha value is -2.32. The smallest absolute Gasteiger partial charge is 0.193 e. The first-order valence-corrected chi connectivity index (χ1v) is 7.59. The van der Waals surface area contributed by atoms with Crippen molar-refractivity contribution in [2.45, 2.75) is 13.1 Å². The van der Waals surface area contributed by atoms with E-state index in [4.69, 9.17) is 5.26 Å². The summed E-state index contributed by atoms with van der Waals surface area (Å²) in [6, 6.07) is 11.8. The molecule has 1 heterocycles. The Morgan fingerprint density at radius 3 is 2.62 bits per heavy atom. The van der Waals surface area contributed by atoms with Gasteiger partial charge in [0, 0.05) is 27.2 Å². The van der Waals surface area contributed by atoms with Gasteiger partial charge in [-0.15, -0.1) is 0 Å². The number of nitriles is 1. The molecule has 0 atom stereocenters. The van der Waals surface area contributed by atoms with Crippen LogP contribution in [0.5, 0.6) is 0 Å². The first-order valence-electron chi connectivity index (χ1n) is 6.65. The molecule has 0 amide bonds. The van der Waals surface area contributed by atoms with Gasteiger partial charge < -0.3 is 10.2 Å². The Balaban J connectivity index is 1.91. The maximum Gasteiger partial charge on any atom is 0.193 e. The van der Waals surface area contributed by atoms with Crippen LogP contribution in [0.3, 0.4) is 0 Å². The van der Waals surface area contributed by atoms with Gasteiger partial charge in [-0.3, -0.25) is 4.99 Å². The zero-order chi connectivity index (χ0) is 15.1. The van der Waals surface area contributed by atoms with Gasteiger partial charge in [-0.25, -0.2) is 0 Å². The molecule has 0 radical (unpaired) electrons. The van der Waals surface area contributed by atoms with E-state index in [0.717, 1.165) is 18.1 Å². The molecule has 0 fully saturated rings. The predicted octanol–water partition coefficient (Wildman–Crippen LogP) is 2.83. The molecule has 1 aromatic heterocycles. The van der Waals surface area contributed by atoms with Gasteiger partial charge in [-0.05, 0) is 40.1 Å². The van der Waals surface area contributed by atoms with Crippen molar-refractivity contribution in [2.24, 2.45) is 4.99 Å². The van der Waals surface area contributed by atoms with Gasteiger partial charge in [0.2, 0.25) is 0 Å². The van der Waals surface area contributed by atoms with Crippen LogP contribution < -0.4 is 5.32 Å². The fourth-order valence-electron chi connectivity index (χ4n) is 1.99. The molecule has 0 unspecified atom stereocenters. The van der Waals surface area contributed by atoms with Crippen LogP contribution in [0.25, 0.3) is 0 Å². The van der Waals surface area contributed by atoms with Crippen molar-refractivity contribution in [3.63, 3.8) is 0 Å². The summed E-state index contributed by atoms with van der Waals surface area (Å²) in [5, 5.41) is 16.3. The van der Waals surface area contributed by atoms with Crippen LogP contribution in [-0.2, 0) is 13.1 Å². The molecule has 0 spiro atoms. The fourth-order valence-corrected chi connectivity index (χ4v) is 2.65. The van der Waals surface area contributed by atoms with Crippen LogP contribution in [0.15, 0.2) is 46.1 Å². The van der Waals surface area contributed by atoms with Crippen LogP contribution in [0.1, 0.15) is 16.7 Å². The zero-order valence-electron chi connectivity index (χ0n) is 12.2. The summed E-state index contributed by atoms with van der Waals surface area (Å²) in [6.45, 7) is 1.52. The van der Waals surface area contributed by atoms with Gasteiger partial charge in [-0.2, -0.15) is 16.6 Å². The summed E-state index contributed by atoms with van der Waals surface area (Å²) in [6.07, 6.45) is 0. The normalized spacial score (nSPS) is 11.0. The lowest BCUT2D eigenvalue weighted by molar-refractivity contribution is 0.477. The predicted molar refractivity (Wildman–Crippen MR) is 87.1 cm³/mol. The van der Waals surface area contributed by atoms with E-state index in [1.165, 1.54) is 5.56 Å². The molecule has 0 bridgehead atoms. The second kappa shape index (κ2) is 7.46. The van der Waals surface area contributed by atoms with Crippen molar-refractivity contribution in [1.29, 1.82) is 5.26 Å². The van der Waals surface area contributed by atoms with Crippen LogP contribution in [0.2, 0.25) is 0 Å². The van der Waals surface area contributed by atoms with E-state index >= 15 is 0 Å². The first kappa shape index (κ1) is 15.1. The number of thiophene rings is 1. The molecule has 0 aliphatic heterocycles.